The molecule has 1 atom stereocenters. The van der Waals surface area contributed by atoms with Crippen molar-refractivity contribution in [2.75, 3.05) is 0 Å². The Morgan fingerprint density at radius 2 is 1.10 bits per heavy atom. The molecule has 0 aliphatic heterocycles. The zero-order valence-corrected chi connectivity index (χ0v) is 28.0. The van der Waals surface area contributed by atoms with E-state index in [2.05, 4.69) is 115 Å². The number of furan rings is 2. The second-order valence-electron chi connectivity index (χ2n) is 13.5. The summed E-state index contributed by atoms with van der Waals surface area (Å²) in [6.07, 6.45) is 9.61. The molecule has 5 nitrogen and oxygen atoms in total. The Hall–Kier alpha value is -6.85. The van der Waals surface area contributed by atoms with E-state index >= 15 is 0 Å². The lowest BCUT2D eigenvalue weighted by Crippen LogP contribution is -2.05. The highest BCUT2D eigenvalue weighted by Gasteiger charge is 2.24. The smallest absolute Gasteiger partial charge is 0.165 e. The van der Waals surface area contributed by atoms with Gasteiger partial charge in [0.2, 0.25) is 0 Å². The lowest BCUT2D eigenvalue weighted by atomic mass is 9.86. The molecule has 52 heavy (non-hydrogen) atoms. The summed E-state index contributed by atoms with van der Waals surface area (Å²) < 4.78 is 12.6. The van der Waals surface area contributed by atoms with Crippen LogP contribution >= 0.6 is 0 Å². The minimum Gasteiger partial charge on any atom is -0.456 e. The van der Waals surface area contributed by atoms with Crippen molar-refractivity contribution in [3.05, 3.63) is 163 Å². The van der Waals surface area contributed by atoms with Crippen LogP contribution in [-0.2, 0) is 0 Å². The number of nitrogens with zero attached hydrogens (tertiary/aromatic N) is 3. The summed E-state index contributed by atoms with van der Waals surface area (Å²) in [5.74, 6) is 1.98. The average Bonchev–Trinajstić information content (AvgIpc) is 3.78. The fraction of sp³-hybridized carbons (Fsp3) is 0.0426. The van der Waals surface area contributed by atoms with Gasteiger partial charge in [0.1, 0.15) is 22.3 Å². The number of aromatic nitrogens is 3. The molecular weight excluding hydrogens is 639 g/mol. The van der Waals surface area contributed by atoms with E-state index in [9.17, 15) is 0 Å². The molecule has 5 heteroatoms. The maximum Gasteiger partial charge on any atom is 0.165 e. The lowest BCUT2D eigenvalue weighted by Gasteiger charge is -2.19. The summed E-state index contributed by atoms with van der Waals surface area (Å²) in [5.41, 5.74) is 7.27. The second-order valence-corrected chi connectivity index (χ2v) is 13.5. The van der Waals surface area contributed by atoms with Crippen molar-refractivity contribution in [1.82, 2.24) is 15.0 Å². The lowest BCUT2D eigenvalue weighted by molar-refractivity contribution is 0.668. The van der Waals surface area contributed by atoms with Crippen molar-refractivity contribution < 1.29 is 8.83 Å². The number of para-hydroxylation sites is 2. The number of allylic oxidation sites excluding steroid dienone is 4. The van der Waals surface area contributed by atoms with Gasteiger partial charge < -0.3 is 8.83 Å². The van der Waals surface area contributed by atoms with Crippen LogP contribution in [0, 0.1) is 0 Å². The molecule has 0 spiro atoms. The zero-order chi connectivity index (χ0) is 34.2. The molecule has 0 fully saturated rings. The topological polar surface area (TPSA) is 65.0 Å². The van der Waals surface area contributed by atoms with Crippen molar-refractivity contribution in [2.24, 2.45) is 0 Å². The van der Waals surface area contributed by atoms with Crippen LogP contribution < -0.4 is 0 Å². The molecule has 1 aliphatic carbocycles. The third-order valence-electron chi connectivity index (χ3n) is 10.5. The largest absolute Gasteiger partial charge is 0.456 e. The van der Waals surface area contributed by atoms with E-state index in [1.54, 1.807) is 0 Å². The Morgan fingerprint density at radius 1 is 0.462 bits per heavy atom. The maximum absolute atomic E-state index is 6.44. The predicted octanol–water partition coefficient (Wildman–Crippen LogP) is 12.6. The van der Waals surface area contributed by atoms with Gasteiger partial charge >= 0.3 is 0 Å². The molecule has 244 valence electrons. The third-order valence-corrected chi connectivity index (χ3v) is 10.5. The van der Waals surface area contributed by atoms with Crippen molar-refractivity contribution in [1.29, 1.82) is 0 Å². The molecule has 3 aromatic heterocycles. The molecular formula is C47H29N3O2. The van der Waals surface area contributed by atoms with Crippen LogP contribution in [0.4, 0.5) is 0 Å². The van der Waals surface area contributed by atoms with E-state index in [0.29, 0.717) is 17.5 Å². The number of benzene rings is 7. The van der Waals surface area contributed by atoms with Crippen molar-refractivity contribution in [3.8, 4) is 34.2 Å². The van der Waals surface area contributed by atoms with E-state index < -0.39 is 0 Å². The van der Waals surface area contributed by atoms with E-state index in [4.69, 9.17) is 23.8 Å². The van der Waals surface area contributed by atoms with Gasteiger partial charge in [-0.05, 0) is 76.0 Å². The Morgan fingerprint density at radius 3 is 1.94 bits per heavy atom. The number of hydrogen-bond acceptors (Lipinski definition) is 5. The molecule has 1 unspecified atom stereocenters. The number of fused-ring (bicyclic) bond motifs is 9. The first-order valence-electron chi connectivity index (χ1n) is 17.6. The van der Waals surface area contributed by atoms with Crippen molar-refractivity contribution in [3.63, 3.8) is 0 Å². The van der Waals surface area contributed by atoms with E-state index in [1.165, 1.54) is 16.2 Å². The summed E-state index contributed by atoms with van der Waals surface area (Å²) in [5, 5.41) is 8.91. The Bertz CT molecular complexity index is 3130. The first-order valence-corrected chi connectivity index (χ1v) is 17.6. The summed E-state index contributed by atoms with van der Waals surface area (Å²) in [4.78, 5) is 15.9. The highest BCUT2D eigenvalue weighted by Crippen LogP contribution is 2.43. The Balaban J connectivity index is 1.20. The van der Waals surface area contributed by atoms with Gasteiger partial charge in [0.25, 0.3) is 0 Å². The fourth-order valence-corrected chi connectivity index (χ4v) is 7.96. The highest BCUT2D eigenvalue weighted by atomic mass is 16.3. The normalized spacial score (nSPS) is 14.5. The Kier molecular flexibility index (Phi) is 6.31. The van der Waals surface area contributed by atoms with Crippen molar-refractivity contribution >= 4 is 65.4 Å². The second kappa shape index (κ2) is 11.3. The third kappa shape index (κ3) is 4.53. The number of hydrogen-bond donors (Lipinski definition) is 0. The van der Waals surface area contributed by atoms with Crippen LogP contribution in [0.25, 0.3) is 99.6 Å². The number of rotatable bonds is 4. The van der Waals surface area contributed by atoms with Crippen LogP contribution in [0.3, 0.4) is 0 Å². The monoisotopic (exact) mass is 667 g/mol. The quantitative estimate of drug-likeness (QED) is 0.175. The van der Waals surface area contributed by atoms with Crippen molar-refractivity contribution in [2.45, 2.75) is 12.3 Å². The van der Waals surface area contributed by atoms with Crippen LogP contribution in [0.15, 0.2) is 167 Å². The van der Waals surface area contributed by atoms with E-state index in [0.717, 1.165) is 77.9 Å². The van der Waals surface area contributed by atoms with Crippen LogP contribution in [0.5, 0.6) is 0 Å². The predicted molar refractivity (Wildman–Crippen MR) is 211 cm³/mol. The minimum atomic E-state index is 0.157. The molecule has 0 saturated carbocycles. The maximum atomic E-state index is 6.44. The molecule has 1 aliphatic rings. The average molecular weight is 668 g/mol. The molecule has 3 heterocycles. The first kappa shape index (κ1) is 28.9. The van der Waals surface area contributed by atoms with Crippen LogP contribution in [0.2, 0.25) is 0 Å². The zero-order valence-electron chi connectivity index (χ0n) is 28.0. The van der Waals surface area contributed by atoms with Gasteiger partial charge in [-0.2, -0.15) is 0 Å². The Labute approximate surface area is 298 Å². The fourth-order valence-electron chi connectivity index (χ4n) is 7.96. The highest BCUT2D eigenvalue weighted by molar-refractivity contribution is 6.13. The minimum absolute atomic E-state index is 0.157. The van der Waals surface area contributed by atoms with Gasteiger partial charge in [-0.1, -0.05) is 115 Å². The summed E-state index contributed by atoms with van der Waals surface area (Å²) in [7, 11) is 0. The summed E-state index contributed by atoms with van der Waals surface area (Å²) in [6.45, 7) is 0. The van der Waals surface area contributed by atoms with Gasteiger partial charge in [-0.25, -0.2) is 15.0 Å². The summed E-state index contributed by atoms with van der Waals surface area (Å²) >= 11 is 0. The molecule has 0 saturated heterocycles. The van der Waals surface area contributed by atoms with E-state index in [1.807, 2.05) is 42.5 Å². The molecule has 0 N–H and O–H groups in total. The molecule has 0 amide bonds. The van der Waals surface area contributed by atoms with E-state index in [-0.39, 0.29) is 5.92 Å². The van der Waals surface area contributed by atoms with Gasteiger partial charge in [0.05, 0.1) is 0 Å². The summed E-state index contributed by atoms with van der Waals surface area (Å²) in [6, 6.07) is 46.2. The van der Waals surface area contributed by atoms with Gasteiger partial charge in [0.15, 0.2) is 17.5 Å². The molecule has 7 aromatic carbocycles. The van der Waals surface area contributed by atoms with Gasteiger partial charge in [-0.3, -0.25) is 0 Å². The van der Waals surface area contributed by atoms with Gasteiger partial charge in [0, 0.05) is 44.2 Å². The molecule has 0 radical (unpaired) electrons. The SMILES string of the molecule is C1=CCC(c2ccc3oc4ccccc4c3c2-c2nc(-c3ccc4c(ccc5ccccc54)c3)nc(-c3ccc4oc5ccccc5c4c3)n2)C=C1. The van der Waals surface area contributed by atoms with Gasteiger partial charge in [-0.15, -0.1) is 0 Å². The van der Waals surface area contributed by atoms with Crippen LogP contribution in [-0.4, -0.2) is 15.0 Å². The molecule has 10 aromatic rings. The van der Waals surface area contributed by atoms with Crippen LogP contribution in [0.1, 0.15) is 17.9 Å². The first-order chi connectivity index (χ1) is 25.7. The molecule has 0 bridgehead atoms. The molecule has 11 rings (SSSR count). The standard InChI is InChI=1S/C47H29N3O2/c1-2-10-28(11-3-1)35-23-25-42-43(37-15-7-9-17-40(37)52-42)44(35)47-49-45(31-20-22-34-30(26-31)19-18-29-12-4-5-13-33(29)34)48-46(50-47)32-21-24-41-38(27-32)36-14-6-8-16-39(36)51-41/h1-10,12-28H,11H2.